The molecular formula is C29H38N6O3. The number of benzene rings is 1. The molecule has 9 heteroatoms. The van der Waals surface area contributed by atoms with Crippen LogP contribution in [0.2, 0.25) is 0 Å². The average Bonchev–Trinajstić information content (AvgIpc) is 3.57. The van der Waals surface area contributed by atoms with Gasteiger partial charge in [-0.15, -0.1) is 0 Å². The van der Waals surface area contributed by atoms with Crippen LogP contribution in [0.15, 0.2) is 41.5 Å². The van der Waals surface area contributed by atoms with Crippen LogP contribution in [0.1, 0.15) is 56.0 Å². The lowest BCUT2D eigenvalue weighted by Crippen LogP contribution is -2.48. The minimum atomic E-state index is -0.157. The number of aromatic hydroxyl groups is 1. The van der Waals surface area contributed by atoms with Crippen molar-refractivity contribution in [3.63, 3.8) is 0 Å². The van der Waals surface area contributed by atoms with Gasteiger partial charge in [0, 0.05) is 61.8 Å². The Kier molecular flexibility index (Phi) is 7.95. The Morgan fingerprint density at radius 1 is 1.24 bits per heavy atom. The summed E-state index contributed by atoms with van der Waals surface area (Å²) in [6, 6.07) is 9.95. The molecule has 2 aliphatic rings. The van der Waals surface area contributed by atoms with Crippen LogP contribution in [0.3, 0.4) is 0 Å². The van der Waals surface area contributed by atoms with Crippen LogP contribution in [0, 0.1) is 0 Å². The van der Waals surface area contributed by atoms with Gasteiger partial charge in [-0.05, 0) is 63.4 Å². The van der Waals surface area contributed by atoms with Crippen molar-refractivity contribution in [1.29, 1.82) is 0 Å². The summed E-state index contributed by atoms with van der Waals surface area (Å²) in [6.45, 7) is 11.8. The number of hydrogen-bond donors (Lipinski definition) is 3. The van der Waals surface area contributed by atoms with Gasteiger partial charge in [0.25, 0.3) is 5.91 Å². The van der Waals surface area contributed by atoms with E-state index in [0.29, 0.717) is 41.7 Å². The standard InChI is InChI=1S/C29H38N6O3/c1-4-24(32-26-10-8-21(17-30-26)35-13-11-34(12-14-35)19(2)3)27-23-16-20(7-9-25(23)33-29(27)37)28(36)31-18-22-6-5-15-38-22/h7-10,16-17,19,22,33,37H,4-6,11-15,18H2,1-3H3,(H,31,36)/t22-/m1/s1. The number of carbonyl (C=O) groups excluding carboxylic acids is 1. The number of aromatic amines is 1. The molecule has 3 N–H and O–H groups in total. The molecular weight excluding hydrogens is 480 g/mol. The van der Waals surface area contributed by atoms with Gasteiger partial charge in [-0.3, -0.25) is 9.69 Å². The van der Waals surface area contributed by atoms with E-state index in [2.05, 4.69) is 45.0 Å². The zero-order valence-corrected chi connectivity index (χ0v) is 22.5. The summed E-state index contributed by atoms with van der Waals surface area (Å²) < 4.78 is 5.61. The number of nitrogens with zero attached hydrogens (tertiary/aromatic N) is 4. The number of rotatable bonds is 8. The van der Waals surface area contributed by atoms with E-state index in [9.17, 15) is 9.90 Å². The van der Waals surface area contributed by atoms with Gasteiger partial charge < -0.3 is 25.0 Å². The second-order valence-electron chi connectivity index (χ2n) is 10.4. The van der Waals surface area contributed by atoms with Crippen LogP contribution in [0.5, 0.6) is 5.88 Å². The van der Waals surface area contributed by atoms with Crippen molar-refractivity contribution < 1.29 is 14.6 Å². The third-order valence-electron chi connectivity index (χ3n) is 7.57. The molecule has 3 aromatic rings. The number of anilines is 1. The molecule has 0 bridgehead atoms. The van der Waals surface area contributed by atoms with E-state index in [1.807, 2.05) is 31.3 Å². The van der Waals surface area contributed by atoms with Gasteiger partial charge in [-0.1, -0.05) is 6.92 Å². The van der Waals surface area contributed by atoms with Crippen molar-refractivity contribution in [3.8, 4) is 5.88 Å². The number of fused-ring (bicyclic) bond motifs is 1. The fraction of sp³-hybridized carbons (Fsp3) is 0.483. The number of ether oxygens (including phenoxy) is 1. The Labute approximate surface area is 223 Å². The molecule has 4 heterocycles. The average molecular weight is 519 g/mol. The molecule has 0 spiro atoms. The summed E-state index contributed by atoms with van der Waals surface area (Å²) in [5.74, 6) is 0.471. The molecule has 1 amide bonds. The maximum Gasteiger partial charge on any atom is 0.251 e. The molecule has 2 fully saturated rings. The minimum absolute atomic E-state index is 0.0390. The third-order valence-corrected chi connectivity index (χ3v) is 7.57. The normalized spacial score (nSPS) is 19.0. The van der Waals surface area contributed by atoms with Gasteiger partial charge >= 0.3 is 0 Å². The molecule has 0 radical (unpaired) electrons. The number of nitrogens with one attached hydrogen (secondary N) is 2. The van der Waals surface area contributed by atoms with Crippen LogP contribution >= 0.6 is 0 Å². The Morgan fingerprint density at radius 3 is 2.71 bits per heavy atom. The molecule has 9 nitrogen and oxygen atoms in total. The molecule has 2 aromatic heterocycles. The summed E-state index contributed by atoms with van der Waals surface area (Å²) >= 11 is 0. The van der Waals surface area contributed by atoms with Crippen LogP contribution in [0.4, 0.5) is 11.5 Å². The highest BCUT2D eigenvalue weighted by atomic mass is 16.5. The van der Waals surface area contributed by atoms with Gasteiger partial charge in [0.05, 0.1) is 29.3 Å². The third kappa shape index (κ3) is 5.68. The van der Waals surface area contributed by atoms with Gasteiger partial charge in [0.2, 0.25) is 0 Å². The molecule has 0 saturated carbocycles. The number of piperazine rings is 1. The van der Waals surface area contributed by atoms with E-state index in [0.717, 1.165) is 62.2 Å². The molecule has 5 rings (SSSR count). The van der Waals surface area contributed by atoms with E-state index in [-0.39, 0.29) is 17.9 Å². The molecule has 1 aromatic carbocycles. The molecule has 2 saturated heterocycles. The predicted molar refractivity (Wildman–Crippen MR) is 151 cm³/mol. The number of amides is 1. The summed E-state index contributed by atoms with van der Waals surface area (Å²) in [6.07, 6.45) is 4.55. The first kappa shape index (κ1) is 26.2. The van der Waals surface area contributed by atoms with Crippen LogP contribution in [-0.2, 0) is 4.74 Å². The summed E-state index contributed by atoms with van der Waals surface area (Å²) in [5.41, 5.74) is 3.69. The van der Waals surface area contributed by atoms with E-state index in [1.54, 1.807) is 6.07 Å². The number of hydrogen-bond acceptors (Lipinski definition) is 7. The number of pyridine rings is 1. The Hall–Kier alpha value is -3.43. The van der Waals surface area contributed by atoms with Crippen molar-refractivity contribution in [1.82, 2.24) is 20.2 Å². The van der Waals surface area contributed by atoms with E-state index in [1.165, 1.54) is 0 Å². The fourth-order valence-corrected chi connectivity index (χ4v) is 5.30. The molecule has 0 unspecified atom stereocenters. The first-order valence-corrected chi connectivity index (χ1v) is 13.7. The first-order chi connectivity index (χ1) is 18.4. The predicted octanol–water partition coefficient (Wildman–Crippen LogP) is 4.24. The summed E-state index contributed by atoms with van der Waals surface area (Å²) in [7, 11) is 0. The minimum Gasteiger partial charge on any atom is -0.494 e. The second kappa shape index (κ2) is 11.5. The van der Waals surface area contributed by atoms with Crippen LogP contribution in [-0.4, -0.2) is 83.1 Å². The summed E-state index contributed by atoms with van der Waals surface area (Å²) in [5, 5.41) is 14.5. The second-order valence-corrected chi connectivity index (χ2v) is 10.4. The summed E-state index contributed by atoms with van der Waals surface area (Å²) in [4.78, 5) is 30.1. The highest BCUT2D eigenvalue weighted by Crippen LogP contribution is 2.31. The fourth-order valence-electron chi connectivity index (χ4n) is 5.30. The van der Waals surface area contributed by atoms with Gasteiger partial charge in [-0.25, -0.2) is 9.98 Å². The quantitative estimate of drug-likeness (QED) is 0.385. The van der Waals surface area contributed by atoms with Gasteiger partial charge in [0.15, 0.2) is 11.7 Å². The number of aromatic nitrogens is 2. The van der Waals surface area contributed by atoms with Crippen molar-refractivity contribution in [2.75, 3.05) is 44.2 Å². The Morgan fingerprint density at radius 2 is 2.05 bits per heavy atom. The van der Waals surface area contributed by atoms with Gasteiger partial charge in [-0.2, -0.15) is 0 Å². The highest BCUT2D eigenvalue weighted by Gasteiger charge is 2.21. The maximum atomic E-state index is 12.8. The number of aliphatic imine (C=N–C) groups is 1. The van der Waals surface area contributed by atoms with Crippen LogP contribution < -0.4 is 10.2 Å². The Bertz CT molecular complexity index is 1290. The van der Waals surface area contributed by atoms with Gasteiger partial charge in [0.1, 0.15) is 0 Å². The molecule has 202 valence electrons. The first-order valence-electron chi connectivity index (χ1n) is 13.7. The highest BCUT2D eigenvalue weighted by molar-refractivity contribution is 6.14. The Balaban J connectivity index is 1.34. The van der Waals surface area contributed by atoms with E-state index >= 15 is 0 Å². The smallest absolute Gasteiger partial charge is 0.251 e. The van der Waals surface area contributed by atoms with Crippen molar-refractivity contribution >= 4 is 34.0 Å². The number of H-pyrrole nitrogens is 1. The molecule has 2 aliphatic heterocycles. The SMILES string of the molecule is CCC(=Nc1ccc(N2CCN(C(C)C)CC2)cn1)c1c(O)[nH]c2ccc(C(=O)NC[C@H]3CCCO3)cc12. The van der Waals surface area contributed by atoms with Crippen molar-refractivity contribution in [2.24, 2.45) is 4.99 Å². The monoisotopic (exact) mass is 518 g/mol. The topological polar surface area (TPSA) is 106 Å². The van der Waals surface area contributed by atoms with E-state index < -0.39 is 0 Å². The lowest BCUT2D eigenvalue weighted by Gasteiger charge is -2.37. The van der Waals surface area contributed by atoms with Crippen molar-refractivity contribution in [3.05, 3.63) is 47.7 Å². The zero-order valence-electron chi connectivity index (χ0n) is 22.5. The molecule has 38 heavy (non-hydrogen) atoms. The molecule has 0 aliphatic carbocycles. The lowest BCUT2D eigenvalue weighted by atomic mass is 10.0. The van der Waals surface area contributed by atoms with Crippen molar-refractivity contribution in [2.45, 2.75) is 52.2 Å². The number of carbonyl (C=O) groups is 1. The lowest BCUT2D eigenvalue weighted by molar-refractivity contribution is 0.0858. The molecule has 1 atom stereocenters. The zero-order chi connectivity index (χ0) is 26.6. The van der Waals surface area contributed by atoms with E-state index in [4.69, 9.17) is 9.73 Å². The maximum absolute atomic E-state index is 12.8. The largest absolute Gasteiger partial charge is 0.494 e. The van der Waals surface area contributed by atoms with Crippen LogP contribution in [0.25, 0.3) is 10.9 Å².